The third kappa shape index (κ3) is 3.05. The summed E-state index contributed by atoms with van der Waals surface area (Å²) in [5, 5.41) is 5.17. The molecule has 16 heavy (non-hydrogen) atoms. The van der Waals surface area contributed by atoms with Crippen molar-refractivity contribution in [3.63, 3.8) is 0 Å². The average Bonchev–Trinajstić information content (AvgIpc) is 2.35. The Hall–Kier alpha value is -1.91. The first-order chi connectivity index (χ1) is 7.71. The molecule has 0 aliphatic heterocycles. The molecule has 2 amide bonds. The maximum atomic E-state index is 11.0. The summed E-state index contributed by atoms with van der Waals surface area (Å²) in [6.45, 7) is 0.444. The molecule has 0 bridgehead atoms. The molecule has 88 valence electrons. The molecule has 1 aromatic rings. The molecule has 0 atom stereocenters. The number of urea groups is 1. The molecule has 0 aromatic heterocycles. The van der Waals surface area contributed by atoms with Gasteiger partial charge in [-0.05, 0) is 17.7 Å². The molecule has 0 saturated heterocycles. The van der Waals surface area contributed by atoms with Crippen molar-refractivity contribution in [2.24, 2.45) is 0 Å². The number of nitrogens with one attached hydrogen (secondary N) is 2. The van der Waals surface area contributed by atoms with E-state index in [0.717, 1.165) is 5.56 Å². The van der Waals surface area contributed by atoms with Gasteiger partial charge < -0.3 is 20.1 Å². The lowest BCUT2D eigenvalue weighted by atomic mass is 10.2. The van der Waals surface area contributed by atoms with Crippen LogP contribution in [-0.4, -0.2) is 27.3 Å². The van der Waals surface area contributed by atoms with Gasteiger partial charge in [-0.15, -0.1) is 0 Å². The Kier molecular flexibility index (Phi) is 4.44. The van der Waals surface area contributed by atoms with Crippen molar-refractivity contribution in [3.05, 3.63) is 23.8 Å². The quantitative estimate of drug-likeness (QED) is 0.806. The third-order valence-electron chi connectivity index (χ3n) is 2.13. The second-order valence-corrected chi connectivity index (χ2v) is 3.12. The molecule has 0 fully saturated rings. The Morgan fingerprint density at radius 3 is 2.50 bits per heavy atom. The van der Waals surface area contributed by atoms with Crippen LogP contribution in [0.15, 0.2) is 18.2 Å². The van der Waals surface area contributed by atoms with Crippen LogP contribution in [-0.2, 0) is 6.54 Å². The van der Waals surface area contributed by atoms with E-state index < -0.39 is 0 Å². The Morgan fingerprint density at radius 1 is 1.25 bits per heavy atom. The van der Waals surface area contributed by atoms with E-state index in [9.17, 15) is 4.79 Å². The maximum absolute atomic E-state index is 11.0. The zero-order valence-corrected chi connectivity index (χ0v) is 9.66. The molecule has 0 aliphatic rings. The summed E-state index contributed by atoms with van der Waals surface area (Å²) in [7, 11) is 4.73. The van der Waals surface area contributed by atoms with Crippen LogP contribution in [0, 0.1) is 0 Å². The number of carbonyl (C=O) groups is 1. The maximum Gasteiger partial charge on any atom is 0.314 e. The predicted octanol–water partition coefficient (Wildman–Crippen LogP) is 1.13. The lowest BCUT2D eigenvalue weighted by Crippen LogP contribution is -2.32. The highest BCUT2D eigenvalue weighted by Gasteiger charge is 2.04. The van der Waals surface area contributed by atoms with Crippen LogP contribution in [0.5, 0.6) is 11.5 Å². The van der Waals surface area contributed by atoms with Crippen molar-refractivity contribution in [1.29, 1.82) is 0 Å². The fourth-order valence-electron chi connectivity index (χ4n) is 1.26. The highest BCUT2D eigenvalue weighted by molar-refractivity contribution is 5.73. The van der Waals surface area contributed by atoms with Gasteiger partial charge in [0, 0.05) is 13.6 Å². The summed E-state index contributed by atoms with van der Waals surface area (Å²) in [5.74, 6) is 1.32. The Bertz CT molecular complexity index is 366. The smallest absolute Gasteiger partial charge is 0.314 e. The summed E-state index contributed by atoms with van der Waals surface area (Å²) >= 11 is 0. The number of benzene rings is 1. The second kappa shape index (κ2) is 5.85. The van der Waals surface area contributed by atoms with Crippen molar-refractivity contribution >= 4 is 6.03 Å². The number of carbonyl (C=O) groups excluding carboxylic acids is 1. The SMILES string of the molecule is CNC(=O)NCc1ccc(OC)c(OC)c1. The fourth-order valence-corrected chi connectivity index (χ4v) is 1.26. The number of methoxy groups -OCH3 is 2. The van der Waals surface area contributed by atoms with Crippen molar-refractivity contribution in [3.8, 4) is 11.5 Å². The van der Waals surface area contributed by atoms with Crippen LogP contribution in [0.4, 0.5) is 4.79 Å². The molecule has 5 heteroatoms. The summed E-state index contributed by atoms with van der Waals surface area (Å²) < 4.78 is 10.3. The van der Waals surface area contributed by atoms with Gasteiger partial charge in [0.15, 0.2) is 11.5 Å². The molecule has 0 unspecified atom stereocenters. The normalized spacial score (nSPS) is 9.44. The van der Waals surface area contributed by atoms with Gasteiger partial charge in [-0.1, -0.05) is 6.07 Å². The van der Waals surface area contributed by atoms with E-state index in [1.54, 1.807) is 27.3 Å². The summed E-state index contributed by atoms with van der Waals surface area (Å²) in [6, 6.07) is 5.29. The van der Waals surface area contributed by atoms with Gasteiger partial charge in [0.25, 0.3) is 0 Å². The molecule has 2 N–H and O–H groups in total. The van der Waals surface area contributed by atoms with E-state index >= 15 is 0 Å². The fraction of sp³-hybridized carbons (Fsp3) is 0.364. The number of amides is 2. The van der Waals surface area contributed by atoms with Crippen LogP contribution in [0.3, 0.4) is 0 Å². The first-order valence-corrected chi connectivity index (χ1v) is 4.87. The molecule has 0 heterocycles. The van der Waals surface area contributed by atoms with Crippen molar-refractivity contribution < 1.29 is 14.3 Å². The monoisotopic (exact) mass is 224 g/mol. The Balaban J connectivity index is 2.71. The third-order valence-corrected chi connectivity index (χ3v) is 2.13. The van der Waals surface area contributed by atoms with Crippen molar-refractivity contribution in [2.75, 3.05) is 21.3 Å². The van der Waals surface area contributed by atoms with E-state index in [1.165, 1.54) is 0 Å². The van der Waals surface area contributed by atoms with Gasteiger partial charge in [0.2, 0.25) is 0 Å². The number of rotatable bonds is 4. The largest absolute Gasteiger partial charge is 0.493 e. The minimum absolute atomic E-state index is 0.213. The Morgan fingerprint density at radius 2 is 1.94 bits per heavy atom. The predicted molar refractivity (Wildman–Crippen MR) is 60.8 cm³/mol. The minimum Gasteiger partial charge on any atom is -0.493 e. The topological polar surface area (TPSA) is 59.6 Å². The van der Waals surface area contributed by atoms with Crippen LogP contribution in [0.2, 0.25) is 0 Å². The highest BCUT2D eigenvalue weighted by Crippen LogP contribution is 2.27. The van der Waals surface area contributed by atoms with E-state index in [-0.39, 0.29) is 6.03 Å². The highest BCUT2D eigenvalue weighted by atomic mass is 16.5. The van der Waals surface area contributed by atoms with E-state index in [2.05, 4.69) is 10.6 Å². The molecular weight excluding hydrogens is 208 g/mol. The van der Waals surface area contributed by atoms with Gasteiger partial charge in [-0.2, -0.15) is 0 Å². The zero-order chi connectivity index (χ0) is 12.0. The van der Waals surface area contributed by atoms with E-state index in [1.807, 2.05) is 12.1 Å². The van der Waals surface area contributed by atoms with E-state index in [4.69, 9.17) is 9.47 Å². The molecule has 1 aromatic carbocycles. The minimum atomic E-state index is -0.213. The molecule has 0 spiro atoms. The number of hydrogen-bond acceptors (Lipinski definition) is 3. The summed E-state index contributed by atoms with van der Waals surface area (Å²) in [5.41, 5.74) is 0.946. The van der Waals surface area contributed by atoms with Gasteiger partial charge in [-0.25, -0.2) is 4.79 Å². The molecule has 0 aliphatic carbocycles. The van der Waals surface area contributed by atoms with Crippen molar-refractivity contribution in [1.82, 2.24) is 10.6 Å². The summed E-state index contributed by atoms with van der Waals surface area (Å²) in [4.78, 5) is 11.0. The Labute approximate surface area is 94.7 Å². The van der Waals surface area contributed by atoms with Gasteiger partial charge in [0.05, 0.1) is 14.2 Å². The molecule has 0 saturated carbocycles. The van der Waals surface area contributed by atoms with Gasteiger partial charge in [0.1, 0.15) is 0 Å². The second-order valence-electron chi connectivity index (χ2n) is 3.12. The lowest BCUT2D eigenvalue weighted by Gasteiger charge is -2.10. The lowest BCUT2D eigenvalue weighted by molar-refractivity contribution is 0.242. The summed E-state index contributed by atoms with van der Waals surface area (Å²) in [6.07, 6.45) is 0. The first kappa shape index (κ1) is 12.2. The standard InChI is InChI=1S/C11H16N2O3/c1-12-11(14)13-7-8-4-5-9(15-2)10(6-8)16-3/h4-6H,7H2,1-3H3,(H2,12,13,14). The molecular formula is C11H16N2O3. The molecule has 0 radical (unpaired) electrons. The van der Waals surface area contributed by atoms with Crippen LogP contribution < -0.4 is 20.1 Å². The number of ether oxygens (including phenoxy) is 2. The van der Waals surface area contributed by atoms with Gasteiger partial charge in [-0.3, -0.25) is 0 Å². The van der Waals surface area contributed by atoms with Crippen LogP contribution >= 0.6 is 0 Å². The molecule has 5 nitrogen and oxygen atoms in total. The molecule has 1 rings (SSSR count). The van der Waals surface area contributed by atoms with E-state index in [0.29, 0.717) is 18.0 Å². The average molecular weight is 224 g/mol. The van der Waals surface area contributed by atoms with Gasteiger partial charge >= 0.3 is 6.03 Å². The first-order valence-electron chi connectivity index (χ1n) is 4.87. The van der Waals surface area contributed by atoms with Crippen molar-refractivity contribution in [2.45, 2.75) is 6.54 Å². The zero-order valence-electron chi connectivity index (χ0n) is 9.66. The van der Waals surface area contributed by atoms with Crippen LogP contribution in [0.1, 0.15) is 5.56 Å². The van der Waals surface area contributed by atoms with Crippen LogP contribution in [0.25, 0.3) is 0 Å². The number of hydrogen-bond donors (Lipinski definition) is 2.